The van der Waals surface area contributed by atoms with E-state index in [2.05, 4.69) is 26.0 Å². The molecule has 0 radical (unpaired) electrons. The molecule has 5 rings (SSSR count). The number of nitrogens with one attached hydrogen (secondary N) is 3. The van der Waals surface area contributed by atoms with Gasteiger partial charge in [-0.2, -0.15) is 22.8 Å². The van der Waals surface area contributed by atoms with Crippen LogP contribution in [0.15, 0.2) is 42.1 Å². The van der Waals surface area contributed by atoms with Crippen molar-refractivity contribution in [1.82, 2.24) is 19.9 Å². The summed E-state index contributed by atoms with van der Waals surface area (Å²) in [4.78, 5) is 28.0. The lowest BCUT2D eigenvalue weighted by Gasteiger charge is -2.13. The van der Waals surface area contributed by atoms with Gasteiger partial charge in [0, 0.05) is 29.4 Å². The first-order valence-corrected chi connectivity index (χ1v) is 10.4. The maximum Gasteiger partial charge on any atom is 0.416 e. The topological polar surface area (TPSA) is 100 Å². The van der Waals surface area contributed by atoms with E-state index in [4.69, 9.17) is 0 Å². The number of anilines is 3. The minimum atomic E-state index is -4.46. The van der Waals surface area contributed by atoms with Gasteiger partial charge in [-0.3, -0.25) is 14.9 Å². The van der Waals surface area contributed by atoms with E-state index < -0.39 is 17.6 Å². The van der Waals surface area contributed by atoms with Gasteiger partial charge in [-0.1, -0.05) is 6.07 Å². The summed E-state index contributed by atoms with van der Waals surface area (Å²) < 4.78 is 40.9. The van der Waals surface area contributed by atoms with Crippen molar-refractivity contribution in [3.63, 3.8) is 0 Å². The molecule has 2 aliphatic rings. The molecule has 11 heteroatoms. The molecule has 3 heterocycles. The first-order valence-electron chi connectivity index (χ1n) is 10.4. The van der Waals surface area contributed by atoms with Crippen LogP contribution in [0.2, 0.25) is 0 Å². The molecule has 3 aromatic rings. The maximum absolute atomic E-state index is 13.1. The van der Waals surface area contributed by atoms with Crippen molar-refractivity contribution in [2.45, 2.75) is 25.4 Å². The van der Waals surface area contributed by atoms with Gasteiger partial charge in [0.2, 0.25) is 5.91 Å². The monoisotopic (exact) mass is 456 g/mol. The lowest BCUT2D eigenvalue weighted by molar-refractivity contribution is -0.137. The third-order valence-corrected chi connectivity index (χ3v) is 5.46. The summed E-state index contributed by atoms with van der Waals surface area (Å²) in [6.45, 7) is 0.731. The number of imide groups is 1. The Morgan fingerprint density at radius 3 is 2.73 bits per heavy atom. The highest BCUT2D eigenvalue weighted by molar-refractivity contribution is 6.15. The average molecular weight is 456 g/mol. The number of hydrogen-bond donors (Lipinski definition) is 3. The summed E-state index contributed by atoms with van der Waals surface area (Å²) in [7, 11) is 0. The van der Waals surface area contributed by atoms with Gasteiger partial charge >= 0.3 is 6.18 Å². The smallest absolute Gasteiger partial charge is 0.370 e. The summed E-state index contributed by atoms with van der Waals surface area (Å²) in [6, 6.07) is 6.52. The first kappa shape index (κ1) is 21.0. The number of rotatable bonds is 6. The normalized spacial score (nSPS) is 17.6. The molecule has 1 aromatic carbocycles. The van der Waals surface area contributed by atoms with Crippen LogP contribution in [0.3, 0.4) is 0 Å². The molecule has 2 amide bonds. The minimum Gasteiger partial charge on any atom is -0.370 e. The predicted octanol–water partition coefficient (Wildman–Crippen LogP) is 3.74. The van der Waals surface area contributed by atoms with Crippen molar-refractivity contribution in [2.24, 2.45) is 5.92 Å². The second-order valence-electron chi connectivity index (χ2n) is 8.11. The van der Waals surface area contributed by atoms with E-state index in [1.54, 1.807) is 16.7 Å². The lowest BCUT2D eigenvalue weighted by atomic mass is 10.1. The molecule has 0 bridgehead atoms. The third-order valence-electron chi connectivity index (χ3n) is 5.46. The van der Waals surface area contributed by atoms with Crippen LogP contribution in [-0.4, -0.2) is 33.0 Å². The molecule has 8 nitrogen and oxygen atoms in total. The highest BCUT2D eigenvalue weighted by Gasteiger charge is 2.30. The molecule has 1 saturated carbocycles. The second kappa shape index (κ2) is 7.91. The Hall–Kier alpha value is -3.89. The Morgan fingerprint density at radius 1 is 1.21 bits per heavy atom. The largest absolute Gasteiger partial charge is 0.416 e. The van der Waals surface area contributed by atoms with Gasteiger partial charge in [-0.15, -0.1) is 0 Å². The first-order chi connectivity index (χ1) is 15.8. The molecule has 1 saturated heterocycles. The maximum atomic E-state index is 13.1. The summed E-state index contributed by atoms with van der Waals surface area (Å²) >= 11 is 0. The van der Waals surface area contributed by atoms with E-state index in [0.717, 1.165) is 31.5 Å². The van der Waals surface area contributed by atoms with Crippen LogP contribution in [0.4, 0.5) is 30.5 Å². The van der Waals surface area contributed by atoms with Crippen molar-refractivity contribution in [2.75, 3.05) is 17.2 Å². The van der Waals surface area contributed by atoms with Gasteiger partial charge < -0.3 is 10.6 Å². The van der Waals surface area contributed by atoms with Crippen molar-refractivity contribution in [3.8, 4) is 0 Å². The zero-order valence-corrected chi connectivity index (χ0v) is 17.2. The number of benzene rings is 1. The van der Waals surface area contributed by atoms with E-state index >= 15 is 0 Å². The standard InChI is InChI=1S/C22H19F3N6O2/c23-22(24,25)15-2-1-3-16(8-15)28-17-9-18(26-10-12-4-5-12)31-20(29-17)14(11-27-31)6-13-7-19(32)30-21(13)33/h1-3,6,8-9,11-12,26H,4-5,7,10H2,(H,28,29)(H,30,32,33). The molecule has 0 spiro atoms. The van der Waals surface area contributed by atoms with Gasteiger partial charge in [0.25, 0.3) is 5.91 Å². The molecule has 1 aliphatic heterocycles. The van der Waals surface area contributed by atoms with Crippen LogP contribution in [0.25, 0.3) is 11.7 Å². The number of alkyl halides is 3. The summed E-state index contributed by atoms with van der Waals surface area (Å²) in [6.07, 6.45) is 0.851. The van der Waals surface area contributed by atoms with Crippen LogP contribution in [0.1, 0.15) is 30.4 Å². The van der Waals surface area contributed by atoms with Gasteiger partial charge in [-0.25, -0.2) is 4.98 Å². The van der Waals surface area contributed by atoms with Crippen LogP contribution < -0.4 is 16.0 Å². The molecule has 0 unspecified atom stereocenters. The fourth-order valence-electron chi connectivity index (χ4n) is 3.57. The number of carbonyl (C=O) groups excluding carboxylic acids is 2. The van der Waals surface area contributed by atoms with Crippen molar-refractivity contribution >= 4 is 40.9 Å². The number of fused-ring (bicyclic) bond motifs is 1. The number of amides is 2. The highest BCUT2D eigenvalue weighted by atomic mass is 19.4. The number of hydrogen-bond acceptors (Lipinski definition) is 6. The molecule has 2 aromatic heterocycles. The fraction of sp³-hybridized carbons (Fsp3) is 0.273. The van der Waals surface area contributed by atoms with Crippen LogP contribution in [-0.2, 0) is 15.8 Å². The zero-order chi connectivity index (χ0) is 23.2. The fourth-order valence-corrected chi connectivity index (χ4v) is 3.57. The molecular formula is C22H19F3N6O2. The summed E-state index contributed by atoms with van der Waals surface area (Å²) in [5.41, 5.74) is 0.657. The molecule has 2 fully saturated rings. The second-order valence-corrected chi connectivity index (χ2v) is 8.11. The van der Waals surface area contributed by atoms with E-state index in [1.165, 1.54) is 18.3 Å². The van der Waals surface area contributed by atoms with Crippen molar-refractivity contribution in [1.29, 1.82) is 0 Å². The Morgan fingerprint density at radius 2 is 2.03 bits per heavy atom. The molecule has 1 aliphatic carbocycles. The van der Waals surface area contributed by atoms with Crippen molar-refractivity contribution < 1.29 is 22.8 Å². The Kier molecular flexibility index (Phi) is 5.03. The van der Waals surface area contributed by atoms with E-state index in [-0.39, 0.29) is 18.0 Å². The lowest BCUT2D eigenvalue weighted by Crippen LogP contribution is -2.19. The number of aromatic nitrogens is 3. The zero-order valence-electron chi connectivity index (χ0n) is 17.2. The molecular weight excluding hydrogens is 437 g/mol. The van der Waals surface area contributed by atoms with Crippen molar-refractivity contribution in [3.05, 3.63) is 53.2 Å². The minimum absolute atomic E-state index is 0.0366. The van der Waals surface area contributed by atoms with Crippen LogP contribution in [0, 0.1) is 5.92 Å². The Bertz CT molecular complexity index is 1290. The van der Waals surface area contributed by atoms with Gasteiger partial charge in [-0.05, 0) is 43.0 Å². The third kappa shape index (κ3) is 4.52. The van der Waals surface area contributed by atoms with Crippen LogP contribution >= 0.6 is 0 Å². The number of nitrogens with zero attached hydrogens (tertiary/aromatic N) is 3. The molecule has 3 N–H and O–H groups in total. The van der Waals surface area contributed by atoms with Crippen LogP contribution in [0.5, 0.6) is 0 Å². The van der Waals surface area contributed by atoms with Gasteiger partial charge in [0.05, 0.1) is 18.2 Å². The SMILES string of the molecule is O=C1CC(=Cc2cnn3c(NCC4CC4)cc(Nc4cccc(C(F)(F)F)c4)nc23)C(=O)N1. The summed E-state index contributed by atoms with van der Waals surface area (Å²) in [5, 5.41) is 12.8. The number of halogens is 3. The number of carbonyl (C=O) groups is 2. The van der Waals surface area contributed by atoms with E-state index in [1.807, 2.05) is 0 Å². The predicted molar refractivity (Wildman–Crippen MR) is 115 cm³/mol. The quantitative estimate of drug-likeness (QED) is 0.386. The highest BCUT2D eigenvalue weighted by Crippen LogP contribution is 2.32. The summed E-state index contributed by atoms with van der Waals surface area (Å²) in [5.74, 6) is 0.641. The van der Waals surface area contributed by atoms with E-state index in [9.17, 15) is 22.8 Å². The molecule has 0 atom stereocenters. The van der Waals surface area contributed by atoms with Gasteiger partial charge in [0.1, 0.15) is 11.6 Å². The molecule has 170 valence electrons. The molecule has 33 heavy (non-hydrogen) atoms. The Balaban J connectivity index is 1.53. The van der Waals surface area contributed by atoms with E-state index in [0.29, 0.717) is 34.3 Å². The van der Waals surface area contributed by atoms with Gasteiger partial charge in [0.15, 0.2) is 5.65 Å². The average Bonchev–Trinajstić information content (AvgIpc) is 3.42. The Labute approximate surface area is 185 Å².